The van der Waals surface area contributed by atoms with Crippen molar-refractivity contribution < 1.29 is 4.79 Å². The lowest BCUT2D eigenvalue weighted by molar-refractivity contribution is -0.117. The standard InChI is InChI=1S/C22H25N3O/c1-15(2)13-25-20-11-7-5-9-18(20)23-22(25)17-12-21(26)24(14-17)19-10-6-4-8-16(19)3/h4-11,15,17H,12-14H2,1-3H3/t17-/m0/s1. The first kappa shape index (κ1) is 16.8. The summed E-state index contributed by atoms with van der Waals surface area (Å²) < 4.78 is 2.32. The molecule has 4 nitrogen and oxygen atoms in total. The highest BCUT2D eigenvalue weighted by Crippen LogP contribution is 2.34. The fourth-order valence-corrected chi connectivity index (χ4v) is 3.94. The molecule has 1 saturated heterocycles. The number of carbonyl (C=O) groups is 1. The molecule has 0 spiro atoms. The van der Waals surface area contributed by atoms with Crippen LogP contribution in [0.5, 0.6) is 0 Å². The van der Waals surface area contributed by atoms with Crippen LogP contribution in [0, 0.1) is 12.8 Å². The van der Waals surface area contributed by atoms with Gasteiger partial charge >= 0.3 is 0 Å². The van der Waals surface area contributed by atoms with Gasteiger partial charge in [-0.2, -0.15) is 0 Å². The van der Waals surface area contributed by atoms with Crippen LogP contribution in [-0.2, 0) is 11.3 Å². The van der Waals surface area contributed by atoms with Crippen LogP contribution in [0.15, 0.2) is 48.5 Å². The monoisotopic (exact) mass is 347 g/mol. The molecule has 4 rings (SSSR count). The molecule has 0 N–H and O–H groups in total. The zero-order chi connectivity index (χ0) is 18.3. The van der Waals surface area contributed by atoms with Crippen LogP contribution >= 0.6 is 0 Å². The smallest absolute Gasteiger partial charge is 0.227 e. The Labute approximate surface area is 154 Å². The Balaban J connectivity index is 1.72. The third kappa shape index (κ3) is 2.90. The summed E-state index contributed by atoms with van der Waals surface area (Å²) in [6, 6.07) is 16.4. The second-order valence-electron chi connectivity index (χ2n) is 7.66. The quantitative estimate of drug-likeness (QED) is 0.696. The maximum absolute atomic E-state index is 12.7. The fraction of sp³-hybridized carbons (Fsp3) is 0.364. The van der Waals surface area contributed by atoms with Crippen molar-refractivity contribution in [2.45, 2.75) is 39.7 Å². The zero-order valence-corrected chi connectivity index (χ0v) is 15.6. The normalized spacial score (nSPS) is 17.6. The summed E-state index contributed by atoms with van der Waals surface area (Å²) >= 11 is 0. The summed E-state index contributed by atoms with van der Waals surface area (Å²) in [6.07, 6.45) is 0.524. The number of hydrogen-bond acceptors (Lipinski definition) is 2. The molecule has 0 radical (unpaired) electrons. The van der Waals surface area contributed by atoms with E-state index in [1.165, 1.54) is 0 Å². The predicted molar refractivity (Wildman–Crippen MR) is 105 cm³/mol. The maximum Gasteiger partial charge on any atom is 0.227 e. The molecule has 0 bridgehead atoms. The molecule has 2 heterocycles. The highest BCUT2D eigenvalue weighted by molar-refractivity contribution is 5.97. The van der Waals surface area contributed by atoms with Gasteiger partial charge < -0.3 is 9.47 Å². The van der Waals surface area contributed by atoms with Crippen LogP contribution in [0.2, 0.25) is 0 Å². The third-order valence-electron chi connectivity index (χ3n) is 5.13. The topological polar surface area (TPSA) is 38.1 Å². The minimum absolute atomic E-state index is 0.133. The van der Waals surface area contributed by atoms with Crippen molar-refractivity contribution in [1.29, 1.82) is 0 Å². The maximum atomic E-state index is 12.7. The van der Waals surface area contributed by atoms with Crippen molar-refractivity contribution in [1.82, 2.24) is 9.55 Å². The van der Waals surface area contributed by atoms with E-state index in [1.54, 1.807) is 0 Å². The average Bonchev–Trinajstić information content (AvgIpc) is 3.16. The Hall–Kier alpha value is -2.62. The van der Waals surface area contributed by atoms with Gasteiger partial charge in [0.25, 0.3) is 0 Å². The number of para-hydroxylation sites is 3. The lowest BCUT2D eigenvalue weighted by atomic mass is 10.1. The summed E-state index contributed by atoms with van der Waals surface area (Å²) in [7, 11) is 0. The van der Waals surface area contributed by atoms with Crippen molar-refractivity contribution in [3.05, 3.63) is 59.9 Å². The summed E-state index contributed by atoms with van der Waals surface area (Å²) in [5.41, 5.74) is 4.34. The molecule has 1 aliphatic heterocycles. The second-order valence-corrected chi connectivity index (χ2v) is 7.66. The van der Waals surface area contributed by atoms with E-state index in [4.69, 9.17) is 4.98 Å². The molecular weight excluding hydrogens is 322 g/mol. The summed E-state index contributed by atoms with van der Waals surface area (Å²) in [4.78, 5) is 19.6. The highest BCUT2D eigenvalue weighted by atomic mass is 16.2. The van der Waals surface area contributed by atoms with E-state index in [0.717, 1.165) is 34.7 Å². The molecule has 0 aliphatic carbocycles. The van der Waals surface area contributed by atoms with Crippen molar-refractivity contribution in [3.63, 3.8) is 0 Å². The van der Waals surface area contributed by atoms with Crippen molar-refractivity contribution in [3.8, 4) is 0 Å². The number of amides is 1. The Morgan fingerprint density at radius 1 is 1.12 bits per heavy atom. The molecule has 1 atom stereocenters. The van der Waals surface area contributed by atoms with Gasteiger partial charge in [-0.3, -0.25) is 4.79 Å². The summed E-state index contributed by atoms with van der Waals surface area (Å²) in [5.74, 6) is 1.89. The molecule has 1 fully saturated rings. The Kier molecular flexibility index (Phi) is 4.27. The average molecular weight is 347 g/mol. The van der Waals surface area contributed by atoms with E-state index in [0.29, 0.717) is 18.9 Å². The third-order valence-corrected chi connectivity index (χ3v) is 5.13. The van der Waals surface area contributed by atoms with E-state index in [1.807, 2.05) is 29.2 Å². The lowest BCUT2D eigenvalue weighted by Gasteiger charge is -2.19. The number of aryl methyl sites for hydroxylation is 1. The van der Waals surface area contributed by atoms with E-state index in [2.05, 4.69) is 49.6 Å². The molecule has 1 amide bonds. The van der Waals surface area contributed by atoms with Gasteiger partial charge in [0.05, 0.1) is 11.0 Å². The van der Waals surface area contributed by atoms with Crippen LogP contribution in [0.3, 0.4) is 0 Å². The zero-order valence-electron chi connectivity index (χ0n) is 15.6. The van der Waals surface area contributed by atoms with E-state index in [-0.39, 0.29) is 11.8 Å². The van der Waals surface area contributed by atoms with Gasteiger partial charge in [-0.05, 0) is 36.6 Å². The highest BCUT2D eigenvalue weighted by Gasteiger charge is 2.35. The van der Waals surface area contributed by atoms with E-state index in [9.17, 15) is 4.79 Å². The van der Waals surface area contributed by atoms with Crippen LogP contribution in [0.4, 0.5) is 5.69 Å². The Morgan fingerprint density at radius 2 is 1.85 bits per heavy atom. The predicted octanol–water partition coefficient (Wildman–Crippen LogP) is 4.52. The van der Waals surface area contributed by atoms with Crippen molar-refractivity contribution in [2.24, 2.45) is 5.92 Å². The van der Waals surface area contributed by atoms with E-state index < -0.39 is 0 Å². The van der Waals surface area contributed by atoms with Crippen molar-refractivity contribution >= 4 is 22.6 Å². The Morgan fingerprint density at radius 3 is 2.62 bits per heavy atom. The minimum Gasteiger partial charge on any atom is -0.327 e. The molecule has 3 aromatic rings. The minimum atomic E-state index is 0.133. The van der Waals surface area contributed by atoms with Crippen molar-refractivity contribution in [2.75, 3.05) is 11.4 Å². The van der Waals surface area contributed by atoms with Gasteiger partial charge in [-0.1, -0.05) is 44.2 Å². The first-order valence-electron chi connectivity index (χ1n) is 9.35. The number of hydrogen-bond donors (Lipinski definition) is 0. The Bertz CT molecular complexity index is 957. The number of imidazole rings is 1. The molecule has 4 heteroatoms. The summed E-state index contributed by atoms with van der Waals surface area (Å²) in [5, 5.41) is 0. The molecular formula is C22H25N3O. The number of carbonyl (C=O) groups excluding carboxylic acids is 1. The molecule has 134 valence electrons. The van der Waals surface area contributed by atoms with E-state index >= 15 is 0 Å². The van der Waals surface area contributed by atoms with Gasteiger partial charge in [-0.15, -0.1) is 0 Å². The van der Waals surface area contributed by atoms with Gasteiger partial charge in [0.15, 0.2) is 0 Å². The first-order chi connectivity index (χ1) is 12.5. The molecule has 0 unspecified atom stereocenters. The molecule has 0 saturated carbocycles. The molecule has 1 aliphatic rings. The fourth-order valence-electron chi connectivity index (χ4n) is 3.94. The van der Waals surface area contributed by atoms with Gasteiger partial charge in [0.1, 0.15) is 5.82 Å². The van der Waals surface area contributed by atoms with Crippen LogP contribution in [-0.4, -0.2) is 22.0 Å². The number of fused-ring (bicyclic) bond motifs is 1. The first-order valence-corrected chi connectivity index (χ1v) is 9.35. The summed E-state index contributed by atoms with van der Waals surface area (Å²) in [6.45, 7) is 8.12. The number of nitrogens with zero attached hydrogens (tertiary/aromatic N) is 3. The van der Waals surface area contributed by atoms with Gasteiger partial charge in [0.2, 0.25) is 5.91 Å². The van der Waals surface area contributed by atoms with Gasteiger partial charge in [-0.25, -0.2) is 4.98 Å². The van der Waals surface area contributed by atoms with Gasteiger partial charge in [0, 0.05) is 31.1 Å². The number of aromatic nitrogens is 2. The number of benzene rings is 2. The number of rotatable bonds is 4. The molecule has 2 aromatic carbocycles. The largest absolute Gasteiger partial charge is 0.327 e. The number of anilines is 1. The second kappa shape index (κ2) is 6.60. The van der Waals surface area contributed by atoms with Crippen LogP contribution in [0.25, 0.3) is 11.0 Å². The lowest BCUT2D eigenvalue weighted by Crippen LogP contribution is -2.25. The SMILES string of the molecule is Cc1ccccc1N1C[C@@H](c2nc3ccccc3n2CC(C)C)CC1=O. The van der Waals surface area contributed by atoms with Crippen LogP contribution in [0.1, 0.15) is 37.6 Å². The molecule has 1 aromatic heterocycles. The van der Waals surface area contributed by atoms with Crippen LogP contribution < -0.4 is 4.90 Å². The molecule has 26 heavy (non-hydrogen) atoms.